The Kier molecular flexibility index (Phi) is 3.57. The lowest BCUT2D eigenvalue weighted by Gasteiger charge is -2.29. The lowest BCUT2D eigenvalue weighted by molar-refractivity contribution is 0.191. The molecule has 24 heavy (non-hydrogen) atoms. The van der Waals surface area contributed by atoms with Crippen LogP contribution in [0.1, 0.15) is 16.8 Å². The zero-order chi connectivity index (χ0) is 16.5. The molecule has 0 spiro atoms. The second kappa shape index (κ2) is 5.88. The number of imidazole rings is 1. The van der Waals surface area contributed by atoms with Gasteiger partial charge < -0.3 is 19.7 Å². The van der Waals surface area contributed by atoms with Gasteiger partial charge in [-0.3, -0.25) is 0 Å². The van der Waals surface area contributed by atoms with Gasteiger partial charge in [0.05, 0.1) is 12.2 Å². The summed E-state index contributed by atoms with van der Waals surface area (Å²) in [5.74, 6) is 0.237. The summed E-state index contributed by atoms with van der Waals surface area (Å²) in [4.78, 5) is 18.6. The Morgan fingerprint density at radius 2 is 2.17 bits per heavy atom. The maximum absolute atomic E-state index is 12.4. The van der Waals surface area contributed by atoms with E-state index < -0.39 is 0 Å². The Balaban J connectivity index is 1.41. The summed E-state index contributed by atoms with van der Waals surface area (Å²) in [6, 6.07) is 11.1. The van der Waals surface area contributed by atoms with Gasteiger partial charge in [-0.15, -0.1) is 0 Å². The lowest BCUT2D eigenvalue weighted by atomic mass is 10.00. The number of fused-ring (bicyclic) bond motifs is 2. The number of nitrogens with one attached hydrogen (secondary N) is 1. The van der Waals surface area contributed by atoms with Crippen molar-refractivity contribution >= 4 is 11.7 Å². The van der Waals surface area contributed by atoms with Gasteiger partial charge in [-0.1, -0.05) is 12.1 Å². The van der Waals surface area contributed by atoms with Crippen molar-refractivity contribution in [3.63, 3.8) is 0 Å². The largest absolute Gasteiger partial charge is 0.508 e. The highest BCUT2D eigenvalue weighted by Gasteiger charge is 2.20. The molecule has 1 aliphatic heterocycles. The third kappa shape index (κ3) is 2.78. The average molecular weight is 322 g/mol. The number of hydrogen-bond acceptors (Lipinski definition) is 3. The van der Waals surface area contributed by atoms with Crippen LogP contribution in [0.4, 0.5) is 4.79 Å². The molecule has 1 aliphatic rings. The molecule has 0 saturated carbocycles. The maximum atomic E-state index is 12.4. The Hall–Kier alpha value is -3.02. The molecular formula is C18H18N4O2. The van der Waals surface area contributed by atoms with Gasteiger partial charge in [0.1, 0.15) is 11.4 Å². The van der Waals surface area contributed by atoms with Crippen LogP contribution >= 0.6 is 0 Å². The zero-order valence-electron chi connectivity index (χ0n) is 13.1. The van der Waals surface area contributed by atoms with Gasteiger partial charge in [-0.2, -0.15) is 0 Å². The summed E-state index contributed by atoms with van der Waals surface area (Å²) in [6.07, 6.45) is 4.65. The molecule has 2 N–H and O–H groups in total. The molecule has 0 radical (unpaired) electrons. The standard InChI is InChI=1S/C18H18N4O2/c23-16-5-4-13-6-8-22(11-14(13)9-16)18(24)19-10-15-12-21-7-2-1-3-17(21)20-15/h1-5,7,9,12,23H,6,8,10-11H2,(H,19,24). The van der Waals surface area contributed by atoms with Gasteiger partial charge >= 0.3 is 6.03 Å². The van der Waals surface area contributed by atoms with Gasteiger partial charge in [0.15, 0.2) is 0 Å². The number of amides is 2. The van der Waals surface area contributed by atoms with Crippen LogP contribution in [-0.2, 0) is 19.5 Å². The smallest absolute Gasteiger partial charge is 0.318 e. The first-order valence-electron chi connectivity index (χ1n) is 7.95. The number of benzene rings is 1. The third-order valence-corrected chi connectivity index (χ3v) is 4.32. The van der Waals surface area contributed by atoms with E-state index in [2.05, 4.69) is 10.3 Å². The van der Waals surface area contributed by atoms with Gasteiger partial charge in [-0.05, 0) is 41.8 Å². The Morgan fingerprint density at radius 1 is 1.25 bits per heavy atom. The average Bonchev–Trinajstić information content (AvgIpc) is 3.02. The summed E-state index contributed by atoms with van der Waals surface area (Å²) in [5, 5.41) is 12.5. The second-order valence-corrected chi connectivity index (χ2v) is 5.98. The van der Waals surface area contributed by atoms with Crippen LogP contribution in [0.15, 0.2) is 48.8 Å². The molecule has 1 aromatic carbocycles. The highest BCUT2D eigenvalue weighted by molar-refractivity contribution is 5.74. The number of aromatic nitrogens is 2. The van der Waals surface area contributed by atoms with E-state index in [4.69, 9.17) is 0 Å². The number of rotatable bonds is 2. The minimum atomic E-state index is -0.110. The van der Waals surface area contributed by atoms with Crippen LogP contribution in [0.5, 0.6) is 5.75 Å². The molecule has 6 heteroatoms. The molecule has 3 aromatic rings. The van der Waals surface area contributed by atoms with Crippen molar-refractivity contribution in [3.05, 3.63) is 65.6 Å². The molecule has 0 aliphatic carbocycles. The fraction of sp³-hybridized carbons (Fsp3) is 0.222. The van der Waals surface area contributed by atoms with E-state index in [1.807, 2.05) is 41.1 Å². The number of hydrogen-bond donors (Lipinski definition) is 2. The molecule has 0 saturated heterocycles. The van der Waals surface area contributed by atoms with Gasteiger partial charge in [0.2, 0.25) is 0 Å². The van der Waals surface area contributed by atoms with Crippen molar-refractivity contribution < 1.29 is 9.90 Å². The van der Waals surface area contributed by atoms with Crippen molar-refractivity contribution in [2.75, 3.05) is 6.54 Å². The molecule has 6 nitrogen and oxygen atoms in total. The highest BCUT2D eigenvalue weighted by atomic mass is 16.3. The van der Waals surface area contributed by atoms with Crippen LogP contribution < -0.4 is 5.32 Å². The fourth-order valence-electron chi connectivity index (χ4n) is 3.07. The number of nitrogens with zero attached hydrogens (tertiary/aromatic N) is 3. The SMILES string of the molecule is O=C(NCc1cn2ccccc2n1)N1CCc2ccc(O)cc2C1. The number of pyridine rings is 1. The minimum Gasteiger partial charge on any atom is -0.508 e. The van der Waals surface area contributed by atoms with Crippen LogP contribution in [0.25, 0.3) is 5.65 Å². The van der Waals surface area contributed by atoms with Gasteiger partial charge in [0.25, 0.3) is 0 Å². The topological polar surface area (TPSA) is 69.9 Å². The number of phenolic OH excluding ortho intramolecular Hbond substituents is 1. The van der Waals surface area contributed by atoms with E-state index in [9.17, 15) is 9.90 Å². The summed E-state index contributed by atoms with van der Waals surface area (Å²) < 4.78 is 1.93. The number of carbonyl (C=O) groups excluding carboxylic acids is 1. The molecule has 2 aromatic heterocycles. The minimum absolute atomic E-state index is 0.110. The third-order valence-electron chi connectivity index (χ3n) is 4.32. The summed E-state index contributed by atoms with van der Waals surface area (Å²) in [5.41, 5.74) is 3.88. The van der Waals surface area contributed by atoms with E-state index in [0.717, 1.165) is 23.3 Å². The number of carbonyl (C=O) groups is 1. The Labute approximate surface area is 139 Å². The van der Waals surface area contributed by atoms with Crippen molar-refractivity contribution in [3.8, 4) is 5.75 Å². The van der Waals surface area contributed by atoms with E-state index in [-0.39, 0.29) is 11.8 Å². The second-order valence-electron chi connectivity index (χ2n) is 5.98. The highest BCUT2D eigenvalue weighted by Crippen LogP contribution is 2.23. The molecule has 3 heterocycles. The van der Waals surface area contributed by atoms with Crippen LogP contribution in [-0.4, -0.2) is 32.0 Å². The number of aromatic hydroxyl groups is 1. The molecule has 0 unspecified atom stereocenters. The number of phenols is 1. The molecular weight excluding hydrogens is 304 g/mol. The maximum Gasteiger partial charge on any atom is 0.318 e. The predicted octanol–water partition coefficient (Wildman–Crippen LogP) is 2.31. The summed E-state index contributed by atoms with van der Waals surface area (Å²) in [7, 11) is 0. The van der Waals surface area contributed by atoms with E-state index in [1.54, 1.807) is 17.0 Å². The fourth-order valence-corrected chi connectivity index (χ4v) is 3.07. The molecule has 0 atom stereocenters. The Bertz CT molecular complexity index is 870. The monoisotopic (exact) mass is 322 g/mol. The summed E-state index contributed by atoms with van der Waals surface area (Å²) in [6.45, 7) is 1.58. The first-order valence-corrected chi connectivity index (χ1v) is 7.95. The van der Waals surface area contributed by atoms with Crippen LogP contribution in [0.3, 0.4) is 0 Å². The molecule has 2 amide bonds. The lowest BCUT2D eigenvalue weighted by Crippen LogP contribution is -2.42. The molecule has 4 rings (SSSR count). The van der Waals surface area contributed by atoms with Gasteiger partial charge in [-0.25, -0.2) is 9.78 Å². The van der Waals surface area contributed by atoms with Crippen LogP contribution in [0, 0.1) is 0 Å². The van der Waals surface area contributed by atoms with E-state index in [0.29, 0.717) is 19.6 Å². The molecule has 122 valence electrons. The first kappa shape index (κ1) is 14.6. The van der Waals surface area contributed by atoms with Crippen molar-refractivity contribution in [2.45, 2.75) is 19.5 Å². The quantitative estimate of drug-likeness (QED) is 0.760. The van der Waals surface area contributed by atoms with Crippen molar-refractivity contribution in [1.82, 2.24) is 19.6 Å². The normalized spacial score (nSPS) is 13.8. The van der Waals surface area contributed by atoms with Gasteiger partial charge in [0, 0.05) is 25.5 Å². The number of urea groups is 1. The van der Waals surface area contributed by atoms with Crippen molar-refractivity contribution in [2.24, 2.45) is 0 Å². The van der Waals surface area contributed by atoms with Crippen LogP contribution in [0.2, 0.25) is 0 Å². The summed E-state index contributed by atoms with van der Waals surface area (Å²) >= 11 is 0. The van der Waals surface area contributed by atoms with Crippen molar-refractivity contribution in [1.29, 1.82) is 0 Å². The first-order chi connectivity index (χ1) is 11.7. The Morgan fingerprint density at radius 3 is 3.04 bits per heavy atom. The van der Waals surface area contributed by atoms with E-state index in [1.165, 1.54) is 5.56 Å². The predicted molar refractivity (Wildman–Crippen MR) is 89.6 cm³/mol. The van der Waals surface area contributed by atoms with E-state index >= 15 is 0 Å². The zero-order valence-corrected chi connectivity index (χ0v) is 13.1. The molecule has 0 fully saturated rings. The molecule has 0 bridgehead atoms.